The number of esters is 2. The molecule has 0 unspecified atom stereocenters. The highest BCUT2D eigenvalue weighted by Crippen LogP contribution is 2.23. The summed E-state index contributed by atoms with van der Waals surface area (Å²) in [4.78, 5) is 21.4. The molecule has 1 fully saturated rings. The summed E-state index contributed by atoms with van der Waals surface area (Å²) in [6, 6.07) is 0. The van der Waals surface area contributed by atoms with Crippen molar-refractivity contribution in [3.8, 4) is 0 Å². The fraction of sp³-hybridized carbons (Fsp3) is 0.714. The fourth-order valence-electron chi connectivity index (χ4n) is 1.09. The van der Waals surface area contributed by atoms with E-state index in [0.29, 0.717) is 0 Å². The fourth-order valence-corrected chi connectivity index (χ4v) is 1.09. The van der Waals surface area contributed by atoms with Crippen LogP contribution in [-0.2, 0) is 19.1 Å². The maximum atomic E-state index is 10.8. The topological polar surface area (TPSA) is 93.1 Å². The second-order valence-corrected chi connectivity index (χ2v) is 2.73. The minimum Gasteiger partial charge on any atom is -0.465 e. The number of cyclic esters (lactones) is 1. The number of ether oxygens (including phenoxy) is 2. The highest BCUT2D eigenvalue weighted by molar-refractivity contribution is 5.80. The third-order valence-corrected chi connectivity index (χ3v) is 1.82. The molecule has 0 spiro atoms. The molecule has 1 atom stereocenters. The summed E-state index contributed by atoms with van der Waals surface area (Å²) < 4.78 is 8.64. The molecule has 1 heterocycles. The van der Waals surface area contributed by atoms with Gasteiger partial charge in [0.2, 0.25) is 0 Å². The molecule has 0 aromatic rings. The Kier molecular flexibility index (Phi) is 2.53. The van der Waals surface area contributed by atoms with Crippen LogP contribution in [0, 0.1) is 0 Å². The van der Waals surface area contributed by atoms with Crippen molar-refractivity contribution < 1.29 is 29.3 Å². The van der Waals surface area contributed by atoms with Gasteiger partial charge in [0, 0.05) is 12.8 Å². The molecule has 1 aliphatic rings. The van der Waals surface area contributed by atoms with Gasteiger partial charge >= 0.3 is 17.7 Å². The Morgan fingerprint density at radius 3 is 2.69 bits per heavy atom. The smallest absolute Gasteiger partial charge is 0.370 e. The molecule has 74 valence electrons. The Morgan fingerprint density at radius 2 is 2.31 bits per heavy atom. The van der Waals surface area contributed by atoms with Crippen molar-refractivity contribution in [2.24, 2.45) is 0 Å². The van der Waals surface area contributed by atoms with E-state index in [0.717, 1.165) is 7.11 Å². The van der Waals surface area contributed by atoms with Gasteiger partial charge < -0.3 is 19.7 Å². The Hall–Kier alpha value is -1.14. The van der Waals surface area contributed by atoms with E-state index in [9.17, 15) is 19.8 Å². The van der Waals surface area contributed by atoms with Crippen LogP contribution in [-0.4, -0.2) is 41.2 Å². The number of hydrogen-bond acceptors (Lipinski definition) is 6. The van der Waals surface area contributed by atoms with Gasteiger partial charge in [-0.3, -0.25) is 4.79 Å². The van der Waals surface area contributed by atoms with Gasteiger partial charge in [0.15, 0.2) is 6.10 Å². The number of rotatable bonds is 2. The number of methoxy groups -OCH3 is 1. The number of aliphatic hydroxyl groups is 2. The number of carbonyl (C=O) groups is 2. The summed E-state index contributed by atoms with van der Waals surface area (Å²) >= 11 is 0. The summed E-state index contributed by atoms with van der Waals surface area (Å²) in [6.45, 7) is 0. The molecule has 1 rings (SSSR count). The largest absolute Gasteiger partial charge is 0.465 e. The van der Waals surface area contributed by atoms with Crippen molar-refractivity contribution in [2.45, 2.75) is 24.7 Å². The molecular formula is C7H10O6. The summed E-state index contributed by atoms with van der Waals surface area (Å²) in [5, 5.41) is 18.4. The molecule has 0 aliphatic carbocycles. The molecule has 1 aliphatic heterocycles. The van der Waals surface area contributed by atoms with Crippen LogP contribution >= 0.6 is 0 Å². The van der Waals surface area contributed by atoms with Crippen LogP contribution in [0.25, 0.3) is 0 Å². The van der Waals surface area contributed by atoms with E-state index in [4.69, 9.17) is 0 Å². The lowest BCUT2D eigenvalue weighted by Crippen LogP contribution is -2.50. The first kappa shape index (κ1) is 9.94. The van der Waals surface area contributed by atoms with Crippen molar-refractivity contribution in [3.05, 3.63) is 0 Å². The Balaban J connectivity index is 2.69. The minimum absolute atomic E-state index is 0.0739. The SMILES string of the molecule is COC(=O)C(O)(O)[C@@H]1CCC(=O)O1. The molecule has 6 heteroatoms. The second kappa shape index (κ2) is 3.31. The molecule has 13 heavy (non-hydrogen) atoms. The van der Waals surface area contributed by atoms with Crippen molar-refractivity contribution in [2.75, 3.05) is 7.11 Å². The lowest BCUT2D eigenvalue weighted by molar-refractivity contribution is -0.238. The zero-order valence-corrected chi connectivity index (χ0v) is 7.02. The van der Waals surface area contributed by atoms with Crippen molar-refractivity contribution in [1.82, 2.24) is 0 Å². The van der Waals surface area contributed by atoms with Crippen molar-refractivity contribution in [3.63, 3.8) is 0 Å². The average molecular weight is 190 g/mol. The molecular weight excluding hydrogens is 180 g/mol. The van der Waals surface area contributed by atoms with E-state index in [2.05, 4.69) is 9.47 Å². The quantitative estimate of drug-likeness (QED) is 0.408. The van der Waals surface area contributed by atoms with E-state index in [1.165, 1.54) is 0 Å². The van der Waals surface area contributed by atoms with Crippen LogP contribution in [0.1, 0.15) is 12.8 Å². The first-order chi connectivity index (χ1) is 5.98. The lowest BCUT2D eigenvalue weighted by Gasteiger charge is -2.23. The van der Waals surface area contributed by atoms with Gasteiger partial charge in [-0.2, -0.15) is 0 Å². The van der Waals surface area contributed by atoms with E-state index in [1.807, 2.05) is 0 Å². The average Bonchev–Trinajstić information content (AvgIpc) is 2.50. The molecule has 0 aromatic heterocycles. The number of hydrogen-bond donors (Lipinski definition) is 2. The van der Waals surface area contributed by atoms with Crippen molar-refractivity contribution in [1.29, 1.82) is 0 Å². The predicted molar refractivity (Wildman–Crippen MR) is 38.3 cm³/mol. The Labute approximate surface area is 74.1 Å². The van der Waals surface area contributed by atoms with Crippen molar-refractivity contribution >= 4 is 11.9 Å². The van der Waals surface area contributed by atoms with Gasteiger partial charge in [0.05, 0.1) is 7.11 Å². The van der Waals surface area contributed by atoms with Gasteiger partial charge in [0.1, 0.15) is 0 Å². The first-order valence-corrected chi connectivity index (χ1v) is 3.71. The zero-order valence-electron chi connectivity index (χ0n) is 7.02. The van der Waals surface area contributed by atoms with E-state index >= 15 is 0 Å². The Morgan fingerprint density at radius 1 is 1.69 bits per heavy atom. The first-order valence-electron chi connectivity index (χ1n) is 3.71. The molecule has 0 amide bonds. The monoisotopic (exact) mass is 190 g/mol. The van der Waals surface area contributed by atoms with Crippen LogP contribution in [0.5, 0.6) is 0 Å². The summed E-state index contributed by atoms with van der Waals surface area (Å²) in [6.07, 6.45) is -1.06. The molecule has 1 saturated heterocycles. The van der Waals surface area contributed by atoms with Gasteiger partial charge in [-0.05, 0) is 0 Å². The normalized spacial score (nSPS) is 22.7. The molecule has 0 saturated carbocycles. The lowest BCUT2D eigenvalue weighted by atomic mass is 10.1. The van der Waals surface area contributed by atoms with Crippen LogP contribution < -0.4 is 0 Å². The maximum absolute atomic E-state index is 10.8. The van der Waals surface area contributed by atoms with Crippen LogP contribution in [0.15, 0.2) is 0 Å². The number of carbonyl (C=O) groups excluding carboxylic acids is 2. The molecule has 0 radical (unpaired) electrons. The minimum atomic E-state index is -2.74. The van der Waals surface area contributed by atoms with E-state index < -0.39 is 23.8 Å². The molecule has 0 bridgehead atoms. The highest BCUT2D eigenvalue weighted by Gasteiger charge is 2.48. The standard InChI is InChI=1S/C7H10O6/c1-12-6(9)7(10,11)4-2-3-5(8)13-4/h4,10-11H,2-3H2,1H3/t4-/m0/s1. The maximum Gasteiger partial charge on any atom is 0.370 e. The molecule has 6 nitrogen and oxygen atoms in total. The van der Waals surface area contributed by atoms with Gasteiger partial charge in [-0.1, -0.05) is 0 Å². The van der Waals surface area contributed by atoms with E-state index in [1.54, 1.807) is 0 Å². The third kappa shape index (κ3) is 1.78. The predicted octanol–water partition coefficient (Wildman–Crippen LogP) is -1.45. The summed E-state index contributed by atoms with van der Waals surface area (Å²) in [5.41, 5.74) is 0. The van der Waals surface area contributed by atoms with Gasteiger partial charge in [-0.15, -0.1) is 0 Å². The van der Waals surface area contributed by atoms with Crippen LogP contribution in [0.3, 0.4) is 0 Å². The van der Waals surface area contributed by atoms with Crippen LogP contribution in [0.2, 0.25) is 0 Å². The summed E-state index contributed by atoms with van der Waals surface area (Å²) in [5.74, 6) is -4.52. The Bertz CT molecular complexity index is 233. The highest BCUT2D eigenvalue weighted by atomic mass is 16.6. The van der Waals surface area contributed by atoms with Gasteiger partial charge in [0.25, 0.3) is 0 Å². The molecule has 2 N–H and O–H groups in total. The van der Waals surface area contributed by atoms with E-state index in [-0.39, 0.29) is 12.8 Å². The third-order valence-electron chi connectivity index (χ3n) is 1.82. The zero-order chi connectivity index (χ0) is 10.1. The summed E-state index contributed by atoms with van der Waals surface area (Å²) in [7, 11) is 1.01. The van der Waals surface area contributed by atoms with Gasteiger partial charge in [-0.25, -0.2) is 4.79 Å². The molecule has 0 aromatic carbocycles. The van der Waals surface area contributed by atoms with Crippen LogP contribution in [0.4, 0.5) is 0 Å². The second-order valence-electron chi connectivity index (χ2n) is 2.73.